The molecule has 96 valence electrons. The molecule has 2 nitrogen and oxygen atoms in total. The van der Waals surface area contributed by atoms with Gasteiger partial charge in [0.15, 0.2) is 0 Å². The molecular formula is C14H27BN2. The molecule has 0 spiro atoms. The predicted molar refractivity (Wildman–Crippen MR) is 76.9 cm³/mol. The summed E-state index contributed by atoms with van der Waals surface area (Å²) in [7, 11) is 10.3. The highest BCUT2D eigenvalue weighted by Crippen LogP contribution is 2.48. The van der Waals surface area contributed by atoms with E-state index in [2.05, 4.69) is 23.9 Å². The number of hydrogen-bond donors (Lipinski definition) is 0. The molecular weight excluding hydrogens is 207 g/mol. The van der Waals surface area contributed by atoms with E-state index in [4.69, 9.17) is 7.85 Å². The van der Waals surface area contributed by atoms with Gasteiger partial charge in [0.1, 0.15) is 5.84 Å². The van der Waals surface area contributed by atoms with Crippen molar-refractivity contribution in [1.82, 2.24) is 4.90 Å². The van der Waals surface area contributed by atoms with Crippen molar-refractivity contribution in [2.24, 2.45) is 16.8 Å². The monoisotopic (exact) mass is 234 g/mol. The Morgan fingerprint density at radius 2 is 2.00 bits per heavy atom. The molecule has 3 atom stereocenters. The first kappa shape index (κ1) is 14.6. The maximum absolute atomic E-state index is 6.25. The lowest BCUT2D eigenvalue weighted by Gasteiger charge is -2.47. The van der Waals surface area contributed by atoms with Gasteiger partial charge < -0.3 is 4.90 Å². The van der Waals surface area contributed by atoms with Crippen LogP contribution in [0.25, 0.3) is 0 Å². The first-order valence-corrected chi connectivity index (χ1v) is 7.00. The Hall–Kier alpha value is -0.465. The topological polar surface area (TPSA) is 15.6 Å². The highest BCUT2D eigenvalue weighted by molar-refractivity contribution is 6.15. The molecule has 1 aliphatic carbocycles. The number of rotatable bonds is 0. The summed E-state index contributed by atoms with van der Waals surface area (Å²) in [5.74, 6) is 2.75. The van der Waals surface area contributed by atoms with E-state index in [9.17, 15) is 0 Å². The molecule has 0 N–H and O–H groups in total. The summed E-state index contributed by atoms with van der Waals surface area (Å²) >= 11 is 0. The molecule has 0 aromatic rings. The van der Waals surface area contributed by atoms with Crippen molar-refractivity contribution in [3.8, 4) is 0 Å². The molecule has 0 amide bonds. The standard InChI is InChI=1S/C12H21BN2.C2H6/c1-12(13)6-4-10-9(8-12)5-7-15(3)11(10)14-2;1-2/h9-10H,4-8H2,1-3H3;1-2H3. The second-order valence-corrected chi connectivity index (χ2v) is 5.56. The van der Waals surface area contributed by atoms with E-state index < -0.39 is 0 Å². The fourth-order valence-electron chi connectivity index (χ4n) is 3.30. The largest absolute Gasteiger partial charge is 0.363 e. The molecule has 2 radical (unpaired) electrons. The molecule has 0 bridgehead atoms. The van der Waals surface area contributed by atoms with Crippen LogP contribution in [-0.4, -0.2) is 39.2 Å². The van der Waals surface area contributed by atoms with Crippen molar-refractivity contribution < 1.29 is 0 Å². The van der Waals surface area contributed by atoms with Gasteiger partial charge in [0, 0.05) is 26.6 Å². The summed E-state index contributed by atoms with van der Waals surface area (Å²) < 4.78 is 0. The zero-order valence-corrected chi connectivity index (χ0v) is 12.2. The van der Waals surface area contributed by atoms with E-state index in [0.717, 1.165) is 18.9 Å². The van der Waals surface area contributed by atoms with Gasteiger partial charge in [-0.05, 0) is 18.8 Å². The van der Waals surface area contributed by atoms with Gasteiger partial charge in [-0.2, -0.15) is 0 Å². The van der Waals surface area contributed by atoms with Gasteiger partial charge in [-0.25, -0.2) is 0 Å². The Morgan fingerprint density at radius 3 is 2.59 bits per heavy atom. The minimum atomic E-state index is 0.0654. The Balaban J connectivity index is 0.000000686. The zero-order chi connectivity index (χ0) is 13.1. The molecule has 2 aliphatic rings. The van der Waals surface area contributed by atoms with Crippen molar-refractivity contribution in [2.75, 3.05) is 20.6 Å². The van der Waals surface area contributed by atoms with Crippen LogP contribution in [0.15, 0.2) is 4.99 Å². The van der Waals surface area contributed by atoms with Crippen LogP contribution in [0.5, 0.6) is 0 Å². The van der Waals surface area contributed by atoms with E-state index in [0.29, 0.717) is 5.92 Å². The average molecular weight is 234 g/mol. The quantitative estimate of drug-likeness (QED) is 0.588. The normalized spacial score (nSPS) is 39.4. The number of aliphatic imine (C=N–C) groups is 1. The van der Waals surface area contributed by atoms with E-state index in [1.54, 1.807) is 0 Å². The molecule has 1 heterocycles. The molecule has 1 saturated heterocycles. The summed E-state index contributed by atoms with van der Waals surface area (Å²) in [5, 5.41) is 0.0654. The van der Waals surface area contributed by atoms with Crippen LogP contribution < -0.4 is 0 Å². The lowest BCUT2D eigenvalue weighted by Crippen LogP contribution is -2.46. The predicted octanol–water partition coefficient (Wildman–Crippen LogP) is 3.14. The first-order valence-electron chi connectivity index (χ1n) is 7.00. The number of hydrogen-bond acceptors (Lipinski definition) is 1. The van der Waals surface area contributed by atoms with Gasteiger partial charge in [0.2, 0.25) is 0 Å². The molecule has 0 aromatic carbocycles. The third-order valence-electron chi connectivity index (χ3n) is 4.11. The lowest BCUT2D eigenvalue weighted by molar-refractivity contribution is 0.186. The summed E-state index contributed by atoms with van der Waals surface area (Å²) in [4.78, 5) is 6.78. The second-order valence-electron chi connectivity index (χ2n) is 5.56. The highest BCUT2D eigenvalue weighted by Gasteiger charge is 2.40. The smallest absolute Gasteiger partial charge is 0.102 e. The Labute approximate surface area is 108 Å². The zero-order valence-electron chi connectivity index (χ0n) is 12.2. The van der Waals surface area contributed by atoms with Crippen molar-refractivity contribution in [2.45, 2.75) is 51.8 Å². The van der Waals surface area contributed by atoms with Crippen molar-refractivity contribution in [3.63, 3.8) is 0 Å². The van der Waals surface area contributed by atoms with Crippen LogP contribution in [0, 0.1) is 11.8 Å². The van der Waals surface area contributed by atoms with Gasteiger partial charge in [-0.1, -0.05) is 38.9 Å². The SMILES string of the molecule is CC.[B]C1(C)CCC2C(=NC)N(C)CCC2C1. The summed E-state index contributed by atoms with van der Waals surface area (Å²) in [5.41, 5.74) is 0. The lowest BCUT2D eigenvalue weighted by atomic mass is 9.55. The molecule has 3 heteroatoms. The number of fused-ring (bicyclic) bond motifs is 1. The van der Waals surface area contributed by atoms with Gasteiger partial charge in [0.05, 0.1) is 7.85 Å². The minimum Gasteiger partial charge on any atom is -0.363 e. The Bertz CT molecular complexity index is 273. The fraction of sp³-hybridized carbons (Fsp3) is 0.929. The van der Waals surface area contributed by atoms with Crippen LogP contribution in [-0.2, 0) is 0 Å². The van der Waals surface area contributed by atoms with Crippen LogP contribution in [0.1, 0.15) is 46.5 Å². The third kappa shape index (κ3) is 3.26. The van der Waals surface area contributed by atoms with E-state index >= 15 is 0 Å². The van der Waals surface area contributed by atoms with Gasteiger partial charge in [0.25, 0.3) is 0 Å². The van der Waals surface area contributed by atoms with E-state index in [1.165, 1.54) is 25.1 Å². The van der Waals surface area contributed by atoms with Crippen molar-refractivity contribution >= 4 is 13.7 Å². The van der Waals surface area contributed by atoms with Crippen LogP contribution >= 0.6 is 0 Å². The van der Waals surface area contributed by atoms with E-state index in [-0.39, 0.29) is 5.31 Å². The highest BCUT2D eigenvalue weighted by atomic mass is 15.2. The van der Waals surface area contributed by atoms with Crippen molar-refractivity contribution in [1.29, 1.82) is 0 Å². The number of piperidine rings is 1. The van der Waals surface area contributed by atoms with Crippen LogP contribution in [0.3, 0.4) is 0 Å². The molecule has 1 saturated carbocycles. The number of nitrogens with zero attached hydrogens (tertiary/aromatic N) is 2. The Morgan fingerprint density at radius 1 is 1.35 bits per heavy atom. The third-order valence-corrected chi connectivity index (χ3v) is 4.11. The molecule has 17 heavy (non-hydrogen) atoms. The van der Waals surface area contributed by atoms with Gasteiger partial charge in [-0.3, -0.25) is 4.99 Å². The summed E-state index contributed by atoms with van der Waals surface area (Å²) in [6.45, 7) is 7.34. The first-order chi connectivity index (χ1) is 8.03. The molecule has 3 unspecified atom stereocenters. The van der Waals surface area contributed by atoms with E-state index in [1.807, 2.05) is 20.9 Å². The maximum Gasteiger partial charge on any atom is 0.102 e. The van der Waals surface area contributed by atoms with Crippen LogP contribution in [0.4, 0.5) is 0 Å². The van der Waals surface area contributed by atoms with Crippen LogP contribution in [0.2, 0.25) is 5.31 Å². The molecule has 0 aromatic heterocycles. The Kier molecular flexibility index (Phi) is 5.09. The molecule has 2 fully saturated rings. The number of likely N-dealkylation sites (tertiary alicyclic amines) is 1. The minimum absolute atomic E-state index is 0.0654. The van der Waals surface area contributed by atoms with Crippen molar-refractivity contribution in [3.05, 3.63) is 0 Å². The number of amidine groups is 1. The summed E-state index contributed by atoms with van der Waals surface area (Å²) in [6.07, 6.45) is 4.81. The second kappa shape index (κ2) is 5.93. The maximum atomic E-state index is 6.25. The van der Waals surface area contributed by atoms with Gasteiger partial charge >= 0.3 is 0 Å². The average Bonchev–Trinajstić information content (AvgIpc) is 2.31. The van der Waals surface area contributed by atoms with Gasteiger partial charge in [-0.15, -0.1) is 0 Å². The summed E-state index contributed by atoms with van der Waals surface area (Å²) in [6, 6.07) is 0. The fourth-order valence-corrected chi connectivity index (χ4v) is 3.30. The molecule has 1 aliphatic heterocycles. The molecule has 2 rings (SSSR count).